The van der Waals surface area contributed by atoms with E-state index >= 15 is 0 Å². The van der Waals surface area contributed by atoms with Gasteiger partial charge in [0.1, 0.15) is 17.2 Å². The molecule has 7 heteroatoms. The fraction of sp³-hybridized carbons (Fsp3) is 0.143. The molecular formula is C14H15O5PS. The summed E-state index contributed by atoms with van der Waals surface area (Å²) in [6, 6.07) is 8.79. The van der Waals surface area contributed by atoms with Gasteiger partial charge in [0, 0.05) is 16.3 Å². The van der Waals surface area contributed by atoms with Crippen LogP contribution < -0.4 is 4.52 Å². The second-order valence-corrected chi connectivity index (χ2v) is 8.22. The first-order chi connectivity index (χ1) is 9.77. The summed E-state index contributed by atoms with van der Waals surface area (Å²) in [4.78, 5) is 10.5. The van der Waals surface area contributed by atoms with Crippen molar-refractivity contribution < 1.29 is 24.2 Å². The normalized spacial score (nSPS) is 13.7. The van der Waals surface area contributed by atoms with Gasteiger partial charge in [-0.3, -0.25) is 0 Å². The molecule has 2 aromatic carbocycles. The van der Waals surface area contributed by atoms with Gasteiger partial charge in [-0.15, -0.1) is 0 Å². The average Bonchev–Trinajstić information content (AvgIpc) is 2.36. The Morgan fingerprint density at radius 3 is 2.14 bits per heavy atom. The largest absolute Gasteiger partial charge is 0.508 e. The monoisotopic (exact) mass is 326 g/mol. The number of hydrogen-bond donors (Lipinski definition) is 3. The maximum atomic E-state index is 12.2. The van der Waals surface area contributed by atoms with Crippen molar-refractivity contribution in [1.29, 1.82) is 0 Å². The summed E-state index contributed by atoms with van der Waals surface area (Å²) in [5.41, 5.74) is 1.24. The fourth-order valence-corrected chi connectivity index (χ4v) is 4.52. The molecule has 21 heavy (non-hydrogen) atoms. The molecule has 2 rings (SSSR count). The van der Waals surface area contributed by atoms with Crippen LogP contribution in [0.4, 0.5) is 0 Å². The number of hydrogen-bond acceptors (Lipinski definition) is 5. The van der Waals surface area contributed by atoms with Crippen molar-refractivity contribution in [3.8, 4) is 17.2 Å². The molecule has 0 amide bonds. The summed E-state index contributed by atoms with van der Waals surface area (Å²) in [5.74, 6) is 0.400. The quantitative estimate of drug-likeness (QED) is 0.737. The third kappa shape index (κ3) is 4.17. The molecule has 2 aromatic rings. The maximum Gasteiger partial charge on any atom is 0.442 e. The number of phenolic OH excluding ortho intramolecular Hbond substituents is 2. The van der Waals surface area contributed by atoms with Gasteiger partial charge in [0.05, 0.1) is 0 Å². The van der Waals surface area contributed by atoms with E-state index in [4.69, 9.17) is 4.52 Å². The Kier molecular flexibility index (Phi) is 4.52. The zero-order chi connectivity index (χ0) is 15.6. The van der Waals surface area contributed by atoms with E-state index in [1.165, 1.54) is 30.3 Å². The molecule has 0 spiro atoms. The minimum Gasteiger partial charge on any atom is -0.508 e. The molecule has 1 atom stereocenters. The highest BCUT2D eigenvalue weighted by Crippen LogP contribution is 2.59. The Morgan fingerprint density at radius 1 is 1.00 bits per heavy atom. The van der Waals surface area contributed by atoms with Crippen LogP contribution >= 0.6 is 18.2 Å². The second-order valence-electron chi connectivity index (χ2n) is 4.55. The van der Waals surface area contributed by atoms with Gasteiger partial charge >= 0.3 is 6.80 Å². The van der Waals surface area contributed by atoms with Crippen LogP contribution in [0.5, 0.6) is 17.2 Å². The van der Waals surface area contributed by atoms with E-state index in [0.717, 1.165) is 0 Å². The minimum absolute atomic E-state index is 0.0645. The fourth-order valence-electron chi connectivity index (χ4n) is 1.74. The molecule has 0 aliphatic carbocycles. The molecule has 5 nitrogen and oxygen atoms in total. The van der Waals surface area contributed by atoms with Crippen LogP contribution in [0.1, 0.15) is 11.1 Å². The van der Waals surface area contributed by atoms with Crippen LogP contribution in [0.3, 0.4) is 0 Å². The average molecular weight is 326 g/mol. The first-order valence-electron chi connectivity index (χ1n) is 6.08. The van der Waals surface area contributed by atoms with Crippen LogP contribution in [-0.2, 0) is 4.57 Å². The van der Waals surface area contributed by atoms with Gasteiger partial charge in [0.25, 0.3) is 0 Å². The highest BCUT2D eigenvalue weighted by molar-refractivity contribution is 8.55. The van der Waals surface area contributed by atoms with E-state index in [2.05, 4.69) is 0 Å². The van der Waals surface area contributed by atoms with Gasteiger partial charge in [-0.05, 0) is 61.4 Å². The van der Waals surface area contributed by atoms with Crippen LogP contribution in [0, 0.1) is 13.8 Å². The standard InChI is InChI=1S/C14H15O5PS/c1-9-7-11(15)3-5-13(9)19-20(17,18)21-14-6-4-12(16)8-10(14)2/h3-8,15-16H,1-2H3,(H,17,18). The van der Waals surface area contributed by atoms with E-state index in [0.29, 0.717) is 27.4 Å². The Bertz CT molecular complexity index is 659. The van der Waals surface area contributed by atoms with E-state index < -0.39 is 6.80 Å². The first-order valence-corrected chi connectivity index (χ1v) is 9.08. The van der Waals surface area contributed by atoms with Crippen molar-refractivity contribution in [1.82, 2.24) is 0 Å². The molecule has 0 bridgehead atoms. The molecule has 0 heterocycles. The molecule has 0 aromatic heterocycles. The van der Waals surface area contributed by atoms with E-state index in [1.54, 1.807) is 19.9 Å². The van der Waals surface area contributed by atoms with Crippen LogP contribution in [0.15, 0.2) is 41.3 Å². The predicted octanol–water partition coefficient (Wildman–Crippen LogP) is 3.99. The van der Waals surface area contributed by atoms with Gasteiger partial charge in [-0.1, -0.05) is 0 Å². The predicted molar refractivity (Wildman–Crippen MR) is 82.0 cm³/mol. The molecule has 0 fully saturated rings. The van der Waals surface area contributed by atoms with Gasteiger partial charge in [-0.2, -0.15) is 0 Å². The van der Waals surface area contributed by atoms with Crippen molar-refractivity contribution in [2.75, 3.05) is 0 Å². The number of rotatable bonds is 4. The summed E-state index contributed by atoms with van der Waals surface area (Å²) in [6.07, 6.45) is 0. The van der Waals surface area contributed by atoms with Crippen molar-refractivity contribution in [2.24, 2.45) is 0 Å². The molecule has 0 saturated carbocycles. The molecule has 3 N–H and O–H groups in total. The third-order valence-electron chi connectivity index (χ3n) is 2.74. The van der Waals surface area contributed by atoms with Gasteiger partial charge < -0.3 is 19.6 Å². The molecule has 0 radical (unpaired) electrons. The summed E-state index contributed by atoms with van der Waals surface area (Å²) < 4.78 is 17.4. The molecule has 0 aliphatic rings. The molecular weight excluding hydrogens is 311 g/mol. The maximum absolute atomic E-state index is 12.2. The molecule has 0 saturated heterocycles. The molecule has 112 valence electrons. The second kappa shape index (κ2) is 6.02. The van der Waals surface area contributed by atoms with Crippen LogP contribution in [0.2, 0.25) is 0 Å². The van der Waals surface area contributed by atoms with Crippen molar-refractivity contribution in [2.45, 2.75) is 18.7 Å². The molecule has 0 aliphatic heterocycles. The molecule has 1 unspecified atom stereocenters. The SMILES string of the molecule is Cc1cc(O)ccc1OP(=O)(O)Sc1ccc(O)cc1C. The Hall–Kier alpha value is -1.62. The van der Waals surface area contributed by atoms with Crippen molar-refractivity contribution in [3.05, 3.63) is 47.5 Å². The summed E-state index contributed by atoms with van der Waals surface area (Å²) >= 11 is 0.704. The number of aromatic hydroxyl groups is 2. The highest BCUT2D eigenvalue weighted by Gasteiger charge is 2.25. The van der Waals surface area contributed by atoms with Gasteiger partial charge in [0.15, 0.2) is 0 Å². The van der Waals surface area contributed by atoms with Crippen molar-refractivity contribution >= 4 is 18.2 Å². The number of phenols is 2. The lowest BCUT2D eigenvalue weighted by Crippen LogP contribution is -1.91. The Balaban J connectivity index is 2.20. The minimum atomic E-state index is -3.97. The third-order valence-corrected chi connectivity index (χ3v) is 5.56. The smallest absolute Gasteiger partial charge is 0.442 e. The topological polar surface area (TPSA) is 87.0 Å². The van der Waals surface area contributed by atoms with Crippen LogP contribution in [0.25, 0.3) is 0 Å². The van der Waals surface area contributed by atoms with E-state index in [9.17, 15) is 19.7 Å². The zero-order valence-electron chi connectivity index (χ0n) is 11.5. The van der Waals surface area contributed by atoms with E-state index in [1.807, 2.05) is 0 Å². The van der Waals surface area contributed by atoms with Gasteiger partial charge in [-0.25, -0.2) is 4.57 Å². The number of aryl methyl sites for hydroxylation is 2. The Labute approximate surface area is 126 Å². The van der Waals surface area contributed by atoms with Crippen LogP contribution in [-0.4, -0.2) is 15.1 Å². The van der Waals surface area contributed by atoms with Crippen molar-refractivity contribution in [3.63, 3.8) is 0 Å². The highest BCUT2D eigenvalue weighted by atomic mass is 32.7. The zero-order valence-corrected chi connectivity index (χ0v) is 13.2. The summed E-state index contributed by atoms with van der Waals surface area (Å²) in [7, 11) is 0. The lowest BCUT2D eigenvalue weighted by molar-refractivity contribution is 0.400. The number of benzene rings is 2. The summed E-state index contributed by atoms with van der Waals surface area (Å²) in [6.45, 7) is -0.565. The Morgan fingerprint density at radius 2 is 1.57 bits per heavy atom. The lowest BCUT2D eigenvalue weighted by Gasteiger charge is -2.15. The summed E-state index contributed by atoms with van der Waals surface area (Å²) in [5, 5.41) is 18.7. The lowest BCUT2D eigenvalue weighted by atomic mass is 10.2. The van der Waals surface area contributed by atoms with Gasteiger partial charge in [0.2, 0.25) is 0 Å². The van der Waals surface area contributed by atoms with E-state index in [-0.39, 0.29) is 17.2 Å². The first kappa shape index (κ1) is 15.8.